The number of halogens is 1. The summed E-state index contributed by atoms with van der Waals surface area (Å²) < 4.78 is 0. The van der Waals surface area contributed by atoms with Crippen molar-refractivity contribution in [3.05, 3.63) is 46.9 Å². The maximum Gasteiger partial charge on any atom is 0.252 e. The van der Waals surface area contributed by atoms with Crippen molar-refractivity contribution in [2.24, 2.45) is 5.73 Å². The van der Waals surface area contributed by atoms with Gasteiger partial charge in [0.25, 0.3) is 5.91 Å². The number of primary amides is 1. The lowest BCUT2D eigenvalue weighted by atomic mass is 10.2. The Balaban J connectivity index is 1.66. The molecule has 8 heteroatoms. The van der Waals surface area contributed by atoms with Crippen LogP contribution >= 0.6 is 11.6 Å². The third-order valence-electron chi connectivity index (χ3n) is 3.79. The molecule has 0 aliphatic carbocycles. The first-order valence-electron chi connectivity index (χ1n) is 7.34. The summed E-state index contributed by atoms with van der Waals surface area (Å²) in [6.45, 7) is 3.98. The van der Waals surface area contributed by atoms with E-state index in [1.54, 1.807) is 6.20 Å². The first-order valence-corrected chi connectivity index (χ1v) is 7.71. The third-order valence-corrected chi connectivity index (χ3v) is 3.98. The van der Waals surface area contributed by atoms with E-state index in [0.717, 1.165) is 38.4 Å². The minimum Gasteiger partial charge on any atom is -0.365 e. The standard InChI is InChI=1S/C15H17ClN6O/c16-13-9-12(14(17)23)15(20-19-13)22-7-5-21(6-8-22)10-11-3-1-2-4-18-11/h1-4,9H,5-8,10H2,(H2,17,23). The van der Waals surface area contributed by atoms with Gasteiger partial charge in [-0.05, 0) is 18.2 Å². The number of carbonyl (C=O) groups excluding carboxylic acids is 1. The predicted octanol–water partition coefficient (Wildman–Crippen LogP) is 0.946. The second kappa shape index (κ2) is 6.89. The Morgan fingerprint density at radius 3 is 2.65 bits per heavy atom. The van der Waals surface area contributed by atoms with Crippen molar-refractivity contribution < 1.29 is 4.79 Å². The molecular weight excluding hydrogens is 316 g/mol. The van der Waals surface area contributed by atoms with Crippen molar-refractivity contribution in [2.75, 3.05) is 31.1 Å². The Labute approximate surface area is 139 Å². The quantitative estimate of drug-likeness (QED) is 0.896. The molecule has 2 aromatic rings. The molecule has 23 heavy (non-hydrogen) atoms. The molecule has 120 valence electrons. The molecule has 1 fully saturated rings. The Bertz CT molecular complexity index is 688. The molecule has 0 unspecified atom stereocenters. The number of pyridine rings is 1. The molecule has 0 spiro atoms. The highest BCUT2D eigenvalue weighted by Gasteiger charge is 2.23. The van der Waals surface area contributed by atoms with Crippen LogP contribution in [0.2, 0.25) is 5.15 Å². The van der Waals surface area contributed by atoms with Crippen LogP contribution in [-0.4, -0.2) is 52.2 Å². The predicted molar refractivity (Wildman–Crippen MR) is 87.3 cm³/mol. The van der Waals surface area contributed by atoms with Crippen molar-refractivity contribution in [1.82, 2.24) is 20.1 Å². The van der Waals surface area contributed by atoms with Crippen molar-refractivity contribution in [2.45, 2.75) is 6.54 Å². The highest BCUT2D eigenvalue weighted by Crippen LogP contribution is 2.21. The molecular formula is C15H17ClN6O. The Morgan fingerprint density at radius 1 is 1.22 bits per heavy atom. The van der Waals surface area contributed by atoms with Gasteiger partial charge < -0.3 is 10.6 Å². The van der Waals surface area contributed by atoms with Crippen molar-refractivity contribution >= 4 is 23.3 Å². The van der Waals surface area contributed by atoms with Crippen LogP contribution in [0.15, 0.2) is 30.5 Å². The van der Waals surface area contributed by atoms with Gasteiger partial charge in [-0.15, -0.1) is 10.2 Å². The smallest absolute Gasteiger partial charge is 0.252 e. The van der Waals surface area contributed by atoms with Crippen LogP contribution < -0.4 is 10.6 Å². The number of hydrogen-bond acceptors (Lipinski definition) is 6. The van der Waals surface area contributed by atoms with Gasteiger partial charge in [-0.2, -0.15) is 0 Å². The van der Waals surface area contributed by atoms with Crippen LogP contribution in [0.3, 0.4) is 0 Å². The van der Waals surface area contributed by atoms with Gasteiger partial charge in [0.1, 0.15) is 0 Å². The largest absolute Gasteiger partial charge is 0.365 e. The monoisotopic (exact) mass is 332 g/mol. The van der Waals surface area contributed by atoms with E-state index >= 15 is 0 Å². The summed E-state index contributed by atoms with van der Waals surface area (Å²) in [5, 5.41) is 8.03. The van der Waals surface area contributed by atoms with Gasteiger partial charge in [0.2, 0.25) is 0 Å². The molecule has 7 nitrogen and oxygen atoms in total. The van der Waals surface area contributed by atoms with Gasteiger partial charge in [0.05, 0.1) is 11.3 Å². The number of hydrogen-bond donors (Lipinski definition) is 1. The summed E-state index contributed by atoms with van der Waals surface area (Å²) >= 11 is 5.80. The number of nitrogens with two attached hydrogens (primary N) is 1. The maximum atomic E-state index is 11.6. The molecule has 0 atom stereocenters. The molecule has 0 bridgehead atoms. The third kappa shape index (κ3) is 3.75. The molecule has 1 amide bonds. The summed E-state index contributed by atoms with van der Waals surface area (Å²) in [4.78, 5) is 20.2. The van der Waals surface area contributed by atoms with E-state index in [4.69, 9.17) is 17.3 Å². The molecule has 1 aliphatic rings. The molecule has 1 saturated heterocycles. The fourth-order valence-corrected chi connectivity index (χ4v) is 2.76. The van der Waals surface area contributed by atoms with Crippen LogP contribution in [0.4, 0.5) is 5.82 Å². The number of rotatable bonds is 4. The fraction of sp³-hybridized carbons (Fsp3) is 0.333. The fourth-order valence-electron chi connectivity index (χ4n) is 2.61. The first-order chi connectivity index (χ1) is 11.1. The normalized spacial score (nSPS) is 15.6. The van der Waals surface area contributed by atoms with Crippen molar-refractivity contribution in [3.63, 3.8) is 0 Å². The van der Waals surface area contributed by atoms with Crippen LogP contribution in [0.5, 0.6) is 0 Å². The minimum absolute atomic E-state index is 0.163. The van der Waals surface area contributed by atoms with Gasteiger partial charge in [0, 0.05) is 38.9 Å². The highest BCUT2D eigenvalue weighted by molar-refractivity contribution is 6.29. The van der Waals surface area contributed by atoms with E-state index in [-0.39, 0.29) is 5.15 Å². The van der Waals surface area contributed by atoms with Gasteiger partial charge in [-0.25, -0.2) is 0 Å². The van der Waals surface area contributed by atoms with Crippen LogP contribution in [0, 0.1) is 0 Å². The molecule has 2 aromatic heterocycles. The molecule has 2 N–H and O–H groups in total. The summed E-state index contributed by atoms with van der Waals surface area (Å²) in [6.07, 6.45) is 1.80. The Hall–Kier alpha value is -2.25. The van der Waals surface area contributed by atoms with Crippen LogP contribution in [0.1, 0.15) is 16.1 Å². The van der Waals surface area contributed by atoms with Crippen molar-refractivity contribution in [1.29, 1.82) is 0 Å². The SMILES string of the molecule is NC(=O)c1cc(Cl)nnc1N1CCN(Cc2ccccn2)CC1. The number of amides is 1. The average molecular weight is 333 g/mol. The van der Waals surface area contributed by atoms with Crippen LogP contribution in [-0.2, 0) is 6.54 Å². The van der Waals surface area contributed by atoms with E-state index in [2.05, 4.69) is 20.1 Å². The van der Waals surface area contributed by atoms with Gasteiger partial charge >= 0.3 is 0 Å². The second-order valence-corrected chi connectivity index (χ2v) is 5.74. The van der Waals surface area contributed by atoms with Gasteiger partial charge in [-0.3, -0.25) is 14.7 Å². The minimum atomic E-state index is -0.548. The number of carbonyl (C=O) groups is 1. The average Bonchev–Trinajstić information content (AvgIpc) is 2.56. The van der Waals surface area contributed by atoms with Crippen LogP contribution in [0.25, 0.3) is 0 Å². The van der Waals surface area contributed by atoms with E-state index in [1.165, 1.54) is 6.07 Å². The maximum absolute atomic E-state index is 11.6. The van der Waals surface area contributed by atoms with E-state index in [1.807, 2.05) is 23.1 Å². The lowest BCUT2D eigenvalue weighted by Crippen LogP contribution is -2.47. The summed E-state index contributed by atoms with van der Waals surface area (Å²) in [6, 6.07) is 7.38. The first kappa shape index (κ1) is 15.6. The molecule has 0 radical (unpaired) electrons. The zero-order valence-corrected chi connectivity index (χ0v) is 13.3. The molecule has 0 saturated carbocycles. The van der Waals surface area contributed by atoms with E-state index in [0.29, 0.717) is 11.4 Å². The molecule has 3 heterocycles. The second-order valence-electron chi connectivity index (χ2n) is 5.35. The van der Waals surface area contributed by atoms with E-state index in [9.17, 15) is 4.79 Å². The number of aromatic nitrogens is 3. The lowest BCUT2D eigenvalue weighted by Gasteiger charge is -2.35. The molecule has 0 aromatic carbocycles. The number of anilines is 1. The summed E-state index contributed by atoms with van der Waals surface area (Å²) in [5.74, 6) is -0.0490. The number of piperazine rings is 1. The molecule has 1 aliphatic heterocycles. The lowest BCUT2D eigenvalue weighted by molar-refractivity contribution is 0.1000. The van der Waals surface area contributed by atoms with Gasteiger partial charge in [0.15, 0.2) is 11.0 Å². The Morgan fingerprint density at radius 2 is 2.00 bits per heavy atom. The van der Waals surface area contributed by atoms with Gasteiger partial charge in [-0.1, -0.05) is 17.7 Å². The van der Waals surface area contributed by atoms with Crippen molar-refractivity contribution in [3.8, 4) is 0 Å². The van der Waals surface area contributed by atoms with E-state index < -0.39 is 5.91 Å². The number of nitrogens with zero attached hydrogens (tertiary/aromatic N) is 5. The Kier molecular flexibility index (Phi) is 4.68. The summed E-state index contributed by atoms with van der Waals surface area (Å²) in [7, 11) is 0. The molecule has 3 rings (SSSR count). The zero-order valence-electron chi connectivity index (χ0n) is 12.5. The summed E-state index contributed by atoms with van der Waals surface area (Å²) in [5.41, 5.74) is 6.76. The zero-order chi connectivity index (χ0) is 16.2. The highest BCUT2D eigenvalue weighted by atomic mass is 35.5. The topological polar surface area (TPSA) is 88.2 Å².